The molecule has 0 aliphatic carbocycles. The molecule has 2 aromatic heterocycles. The van der Waals surface area contributed by atoms with E-state index < -0.39 is 35.9 Å². The molecule has 0 unspecified atom stereocenters. The number of nitrogens with two attached hydrogens (primary N) is 2. The molecule has 9 N–H and O–H groups in total. The van der Waals surface area contributed by atoms with Gasteiger partial charge in [0.25, 0.3) is 0 Å². The number of aliphatic carboxylic acids is 1. The zero-order valence-electron chi connectivity index (χ0n) is 18.8. The summed E-state index contributed by atoms with van der Waals surface area (Å²) in [5.41, 5.74) is 13.7. The van der Waals surface area contributed by atoms with Gasteiger partial charge in [-0.05, 0) is 31.0 Å². The number of H-pyrrole nitrogens is 2. The van der Waals surface area contributed by atoms with Crippen LogP contribution in [0.2, 0.25) is 0 Å². The monoisotopic (exact) mass is 469 g/mol. The average molecular weight is 470 g/mol. The quantitative estimate of drug-likeness (QED) is 0.174. The predicted molar refractivity (Wildman–Crippen MR) is 127 cm³/mol. The number of carbonyl (C=O) groups is 3. The molecule has 3 atom stereocenters. The van der Waals surface area contributed by atoms with Crippen LogP contribution < -0.4 is 22.1 Å². The van der Waals surface area contributed by atoms with Crippen LogP contribution in [0.1, 0.15) is 30.5 Å². The maximum atomic E-state index is 13.1. The van der Waals surface area contributed by atoms with E-state index in [1.807, 2.05) is 24.3 Å². The van der Waals surface area contributed by atoms with Crippen LogP contribution >= 0.6 is 0 Å². The first-order valence-corrected chi connectivity index (χ1v) is 11.2. The van der Waals surface area contributed by atoms with E-state index in [9.17, 15) is 19.5 Å². The lowest BCUT2D eigenvalue weighted by Gasteiger charge is -2.22. The first kappa shape index (κ1) is 24.9. The molecular weight excluding hydrogens is 438 g/mol. The van der Waals surface area contributed by atoms with Crippen molar-refractivity contribution in [2.45, 2.75) is 50.2 Å². The van der Waals surface area contributed by atoms with E-state index in [-0.39, 0.29) is 12.8 Å². The van der Waals surface area contributed by atoms with Crippen LogP contribution in [0.4, 0.5) is 0 Å². The van der Waals surface area contributed by atoms with Gasteiger partial charge in [0.1, 0.15) is 12.1 Å². The molecule has 0 bridgehead atoms. The number of fused-ring (bicyclic) bond motifs is 1. The van der Waals surface area contributed by atoms with Crippen molar-refractivity contribution >= 4 is 28.7 Å². The van der Waals surface area contributed by atoms with Gasteiger partial charge in [-0.1, -0.05) is 24.6 Å². The lowest BCUT2D eigenvalue weighted by molar-refractivity contribution is -0.142. The molecule has 2 heterocycles. The molecule has 0 fully saturated rings. The number of amides is 2. The van der Waals surface area contributed by atoms with Gasteiger partial charge in [0, 0.05) is 41.8 Å². The van der Waals surface area contributed by atoms with Crippen LogP contribution in [0, 0.1) is 0 Å². The number of carbonyl (C=O) groups excluding carboxylic acids is 2. The highest BCUT2D eigenvalue weighted by Gasteiger charge is 2.29. The Morgan fingerprint density at radius 2 is 1.79 bits per heavy atom. The molecule has 11 nitrogen and oxygen atoms in total. The fourth-order valence-corrected chi connectivity index (χ4v) is 3.74. The van der Waals surface area contributed by atoms with Gasteiger partial charge in [-0.15, -0.1) is 0 Å². The fraction of sp³-hybridized carbons (Fsp3) is 0.391. The summed E-state index contributed by atoms with van der Waals surface area (Å²) in [7, 11) is 0. The van der Waals surface area contributed by atoms with Crippen LogP contribution in [0.5, 0.6) is 0 Å². The van der Waals surface area contributed by atoms with Crippen molar-refractivity contribution in [3.8, 4) is 0 Å². The van der Waals surface area contributed by atoms with E-state index in [1.165, 1.54) is 12.5 Å². The van der Waals surface area contributed by atoms with E-state index >= 15 is 0 Å². The van der Waals surface area contributed by atoms with Gasteiger partial charge in [0.2, 0.25) is 11.8 Å². The smallest absolute Gasteiger partial charge is 0.326 e. The van der Waals surface area contributed by atoms with Crippen molar-refractivity contribution in [2.24, 2.45) is 11.5 Å². The molecule has 3 aromatic rings. The third kappa shape index (κ3) is 6.65. The van der Waals surface area contributed by atoms with E-state index in [0.717, 1.165) is 22.9 Å². The number of nitrogens with one attached hydrogen (secondary N) is 4. The number of aromatic nitrogens is 3. The minimum absolute atomic E-state index is 0.0778. The molecule has 3 rings (SSSR count). The van der Waals surface area contributed by atoms with Gasteiger partial charge in [-0.2, -0.15) is 0 Å². The minimum Gasteiger partial charge on any atom is -0.480 e. The number of carboxylic acid groups (broad SMARTS) is 1. The Kier molecular flexibility index (Phi) is 8.77. The molecule has 11 heteroatoms. The largest absolute Gasteiger partial charge is 0.480 e. The maximum absolute atomic E-state index is 13.1. The number of aromatic amines is 2. The standard InChI is InChI=1S/C23H31N7O4/c24-8-4-3-6-17(25)21(31)29-19(10-15-12-26-13-28-15)22(32)30-20(23(33)34)9-14-11-27-18-7-2-1-5-16(14)18/h1-2,5,7,11-13,17,19-20,27H,3-4,6,8-10,24-25H2,(H,26,28)(H,29,31)(H,30,32)(H,33,34)/t17-,19-,20-/m0/s1. The van der Waals surface area contributed by atoms with Crippen molar-refractivity contribution in [1.82, 2.24) is 25.6 Å². The first-order chi connectivity index (χ1) is 16.4. The normalized spacial score (nSPS) is 13.8. The van der Waals surface area contributed by atoms with Crippen LogP contribution in [-0.4, -0.2) is 62.5 Å². The summed E-state index contributed by atoms with van der Waals surface area (Å²) in [6.07, 6.45) is 6.77. The van der Waals surface area contributed by atoms with Crippen LogP contribution in [0.25, 0.3) is 10.9 Å². The Morgan fingerprint density at radius 1 is 1.03 bits per heavy atom. The van der Waals surface area contributed by atoms with E-state index in [2.05, 4.69) is 25.6 Å². The number of unbranched alkanes of at least 4 members (excludes halogenated alkanes) is 1. The Morgan fingerprint density at radius 3 is 2.50 bits per heavy atom. The van der Waals surface area contributed by atoms with Gasteiger partial charge in [-0.3, -0.25) is 9.59 Å². The second-order valence-electron chi connectivity index (χ2n) is 8.20. The molecule has 0 saturated carbocycles. The van der Waals surface area contributed by atoms with Crippen molar-refractivity contribution in [3.63, 3.8) is 0 Å². The molecule has 2 amide bonds. The summed E-state index contributed by atoms with van der Waals surface area (Å²) in [6.45, 7) is 0.506. The number of hydrogen-bond donors (Lipinski definition) is 7. The Balaban J connectivity index is 1.71. The molecule has 0 spiro atoms. The number of para-hydroxylation sites is 1. The molecular formula is C23H31N7O4. The third-order valence-electron chi connectivity index (χ3n) is 5.63. The zero-order valence-corrected chi connectivity index (χ0v) is 18.8. The fourth-order valence-electron chi connectivity index (χ4n) is 3.74. The minimum atomic E-state index is -1.19. The number of hydrogen-bond acceptors (Lipinski definition) is 6. The third-order valence-corrected chi connectivity index (χ3v) is 5.63. The Labute approximate surface area is 196 Å². The summed E-state index contributed by atoms with van der Waals surface area (Å²) in [4.78, 5) is 47.6. The lowest BCUT2D eigenvalue weighted by atomic mass is 10.0. The van der Waals surface area contributed by atoms with E-state index in [0.29, 0.717) is 25.1 Å². The number of rotatable bonds is 13. The molecule has 0 saturated heterocycles. The molecule has 34 heavy (non-hydrogen) atoms. The average Bonchev–Trinajstić information content (AvgIpc) is 3.48. The molecule has 0 radical (unpaired) electrons. The van der Waals surface area contributed by atoms with Gasteiger partial charge in [0.05, 0.1) is 12.4 Å². The SMILES string of the molecule is NCCCC[C@H](N)C(=O)N[C@@H](Cc1cnc[nH]1)C(=O)N[C@@H](Cc1c[nH]c2ccccc12)C(=O)O. The van der Waals surface area contributed by atoms with E-state index in [4.69, 9.17) is 11.5 Å². The van der Waals surface area contributed by atoms with Crippen molar-refractivity contribution < 1.29 is 19.5 Å². The highest BCUT2D eigenvalue weighted by atomic mass is 16.4. The highest BCUT2D eigenvalue weighted by Crippen LogP contribution is 2.19. The predicted octanol–water partition coefficient (Wildman–Crippen LogP) is 0.187. The van der Waals surface area contributed by atoms with Gasteiger partial charge in [-0.25, -0.2) is 9.78 Å². The second kappa shape index (κ2) is 12.0. The summed E-state index contributed by atoms with van der Waals surface area (Å²) in [5.74, 6) is -2.28. The van der Waals surface area contributed by atoms with E-state index in [1.54, 1.807) is 6.20 Å². The topological polar surface area (TPSA) is 192 Å². The summed E-state index contributed by atoms with van der Waals surface area (Å²) < 4.78 is 0. The summed E-state index contributed by atoms with van der Waals surface area (Å²) >= 11 is 0. The molecule has 0 aliphatic heterocycles. The molecule has 0 aliphatic rings. The highest BCUT2D eigenvalue weighted by molar-refractivity contribution is 5.92. The van der Waals surface area contributed by atoms with Gasteiger partial charge < -0.3 is 37.2 Å². The molecule has 1 aromatic carbocycles. The summed E-state index contributed by atoms with van der Waals surface area (Å²) in [5, 5.41) is 15.9. The summed E-state index contributed by atoms with van der Waals surface area (Å²) in [6, 6.07) is 4.49. The van der Waals surface area contributed by atoms with Crippen LogP contribution in [0.15, 0.2) is 43.0 Å². The number of imidazole rings is 1. The van der Waals surface area contributed by atoms with Crippen LogP contribution in [0.3, 0.4) is 0 Å². The van der Waals surface area contributed by atoms with Crippen LogP contribution in [-0.2, 0) is 27.2 Å². The van der Waals surface area contributed by atoms with Gasteiger partial charge >= 0.3 is 5.97 Å². The van der Waals surface area contributed by atoms with Crippen molar-refractivity contribution in [2.75, 3.05) is 6.54 Å². The number of nitrogens with zero attached hydrogens (tertiary/aromatic N) is 1. The Hall–Kier alpha value is -3.70. The van der Waals surface area contributed by atoms with Gasteiger partial charge in [0.15, 0.2) is 0 Å². The lowest BCUT2D eigenvalue weighted by Crippen LogP contribution is -2.55. The maximum Gasteiger partial charge on any atom is 0.326 e. The first-order valence-electron chi connectivity index (χ1n) is 11.2. The van der Waals surface area contributed by atoms with Crippen molar-refractivity contribution in [3.05, 3.63) is 54.2 Å². The number of carboxylic acids is 1. The second-order valence-corrected chi connectivity index (χ2v) is 8.20. The zero-order chi connectivity index (χ0) is 24.5. The number of benzene rings is 1. The molecule has 182 valence electrons. The van der Waals surface area contributed by atoms with Crippen molar-refractivity contribution in [1.29, 1.82) is 0 Å². The Bertz CT molecular complexity index is 1100.